The van der Waals surface area contributed by atoms with Crippen LogP contribution in [0.15, 0.2) is 0 Å². The molecule has 83 heavy (non-hydrogen) atoms. The molecule has 0 aromatic rings. The van der Waals surface area contributed by atoms with Crippen LogP contribution in [0.5, 0.6) is 0 Å². The highest BCUT2D eigenvalue weighted by Gasteiger charge is 2.53. The molecule has 3 aliphatic heterocycles. The lowest BCUT2D eigenvalue weighted by Gasteiger charge is -2.48. The number of unbranched alkanes of at least 4 members (excludes halogenated alkanes) is 36. The molecule has 3 fully saturated rings. The topological polar surface area (TPSA) is 307 Å². The lowest BCUT2D eigenvalue weighted by molar-refractivity contribution is -0.379. The van der Waals surface area contributed by atoms with Crippen LogP contribution in [-0.2, 0) is 33.2 Å². The van der Waals surface area contributed by atoms with Crippen LogP contribution >= 0.6 is 0 Å². The zero-order chi connectivity index (χ0) is 60.5. The predicted molar refractivity (Wildman–Crippen MR) is 319 cm³/mol. The summed E-state index contributed by atoms with van der Waals surface area (Å²) in [5.74, 6) is -0.236. The van der Waals surface area contributed by atoms with Crippen molar-refractivity contribution in [2.75, 3.05) is 26.4 Å². The first kappa shape index (κ1) is 76.0. The van der Waals surface area contributed by atoms with Gasteiger partial charge in [-0.2, -0.15) is 0 Å². The number of aliphatic hydroxyl groups is 11. The Morgan fingerprint density at radius 2 is 0.687 bits per heavy atom. The van der Waals surface area contributed by atoms with Gasteiger partial charge in [-0.15, -0.1) is 0 Å². The SMILES string of the molecule is CCCCCCCCCCCCCCCCCCCCCCC(O)C(COC1OC(CO)C(OC2OC(CO)C(OC3OC(CO)C(O)C(O)C3O)C(O)C2O)C(O)C1O)NC(=O)CCCCCCCCCCCCCCCCCCCC. The van der Waals surface area contributed by atoms with Gasteiger partial charge in [0, 0.05) is 6.42 Å². The minimum absolute atomic E-state index is 0.236. The molecule has 0 aromatic heterocycles. The molecule has 0 radical (unpaired) electrons. The number of hydrogen-bond acceptors (Lipinski definition) is 18. The van der Waals surface area contributed by atoms with Crippen molar-refractivity contribution in [1.82, 2.24) is 5.32 Å². The van der Waals surface area contributed by atoms with Crippen LogP contribution in [-0.4, -0.2) is 193 Å². The third kappa shape index (κ3) is 30.7. The Morgan fingerprint density at radius 3 is 1.05 bits per heavy atom. The average molecular weight is 1190 g/mol. The molecule has 0 saturated carbocycles. The summed E-state index contributed by atoms with van der Waals surface area (Å²) in [5.41, 5.74) is 0. The van der Waals surface area contributed by atoms with Crippen molar-refractivity contribution in [2.45, 2.75) is 375 Å². The maximum Gasteiger partial charge on any atom is 0.220 e. The van der Waals surface area contributed by atoms with Gasteiger partial charge in [0.1, 0.15) is 73.2 Å². The fourth-order valence-electron chi connectivity index (χ4n) is 11.9. The Labute approximate surface area is 500 Å². The van der Waals surface area contributed by atoms with E-state index in [1.165, 1.54) is 193 Å². The molecule has 17 atom stereocenters. The van der Waals surface area contributed by atoms with Crippen molar-refractivity contribution < 1.29 is 89.4 Å². The van der Waals surface area contributed by atoms with E-state index in [4.69, 9.17) is 28.4 Å². The zero-order valence-electron chi connectivity index (χ0n) is 51.7. The first-order chi connectivity index (χ1) is 40.3. The molecule has 492 valence electrons. The quantitative estimate of drug-likeness (QED) is 0.0257. The Balaban J connectivity index is 1.45. The molecule has 3 rings (SSSR count). The van der Waals surface area contributed by atoms with E-state index >= 15 is 0 Å². The first-order valence-electron chi connectivity index (χ1n) is 33.8. The number of ether oxygens (including phenoxy) is 6. The molecule has 0 aromatic carbocycles. The van der Waals surface area contributed by atoms with Crippen molar-refractivity contribution in [2.24, 2.45) is 0 Å². The van der Waals surface area contributed by atoms with Crippen LogP contribution in [0.2, 0.25) is 0 Å². The molecule has 1 amide bonds. The fraction of sp³-hybridized carbons (Fsp3) is 0.984. The molecule has 0 bridgehead atoms. The Hall–Kier alpha value is -1.21. The average Bonchev–Trinajstić information content (AvgIpc) is 3.35. The largest absolute Gasteiger partial charge is 0.394 e. The molecule has 3 saturated heterocycles. The number of aliphatic hydroxyl groups excluding tert-OH is 11. The smallest absolute Gasteiger partial charge is 0.220 e. The second-order valence-corrected chi connectivity index (χ2v) is 24.7. The van der Waals surface area contributed by atoms with Gasteiger partial charge in [0.25, 0.3) is 0 Å². The van der Waals surface area contributed by atoms with Crippen LogP contribution < -0.4 is 5.32 Å². The number of carbonyl (C=O) groups is 1. The van der Waals surface area contributed by atoms with E-state index in [1.807, 2.05) is 0 Å². The number of amides is 1. The standard InChI is InChI=1S/C64H123NO18/c1-3-5-7-9-11-13-15-17-19-21-23-24-25-27-29-31-33-35-37-39-41-48(69)47(65-52(70)42-40-38-36-34-32-30-28-26-22-20-18-16-14-12-10-8-6-4-2)46-78-62-58(76)55(73)60(50(44-67)80-62)83-64-59(77)56(74)61(51(45-68)81-64)82-63-57(75)54(72)53(71)49(43-66)79-63/h47-51,53-64,66-69,71-77H,3-46H2,1-2H3,(H,65,70). The van der Waals surface area contributed by atoms with Crippen LogP contribution in [0.3, 0.4) is 0 Å². The summed E-state index contributed by atoms with van der Waals surface area (Å²) >= 11 is 0. The maximum atomic E-state index is 13.4. The van der Waals surface area contributed by atoms with E-state index in [1.54, 1.807) is 0 Å². The van der Waals surface area contributed by atoms with Crippen molar-refractivity contribution >= 4 is 5.91 Å². The second kappa shape index (κ2) is 47.7. The van der Waals surface area contributed by atoms with Crippen molar-refractivity contribution in [3.8, 4) is 0 Å². The summed E-state index contributed by atoms with van der Waals surface area (Å²) in [5, 5.41) is 121. The van der Waals surface area contributed by atoms with E-state index in [0.29, 0.717) is 12.8 Å². The highest BCUT2D eigenvalue weighted by Crippen LogP contribution is 2.33. The Bertz CT molecular complexity index is 1520. The van der Waals surface area contributed by atoms with Crippen LogP contribution in [0.25, 0.3) is 0 Å². The number of hydrogen-bond donors (Lipinski definition) is 12. The van der Waals surface area contributed by atoms with Gasteiger partial charge in [-0.1, -0.05) is 251 Å². The molecule has 17 unspecified atom stereocenters. The summed E-state index contributed by atoms with van der Waals surface area (Å²) in [6, 6.07) is -0.881. The Kier molecular flexibility index (Phi) is 43.7. The van der Waals surface area contributed by atoms with E-state index in [-0.39, 0.29) is 18.9 Å². The van der Waals surface area contributed by atoms with Crippen LogP contribution in [0.1, 0.15) is 271 Å². The van der Waals surface area contributed by atoms with Gasteiger partial charge in [0.2, 0.25) is 5.91 Å². The maximum absolute atomic E-state index is 13.4. The van der Waals surface area contributed by atoms with E-state index in [9.17, 15) is 61.0 Å². The predicted octanol–water partition coefficient (Wildman–Crippen LogP) is 7.94. The minimum atomic E-state index is -1.97. The molecule has 19 nitrogen and oxygen atoms in total. The molecule has 3 aliphatic rings. The summed E-state index contributed by atoms with van der Waals surface area (Å²) < 4.78 is 34.4. The summed E-state index contributed by atoms with van der Waals surface area (Å²) in [4.78, 5) is 13.4. The summed E-state index contributed by atoms with van der Waals surface area (Å²) in [7, 11) is 0. The summed E-state index contributed by atoms with van der Waals surface area (Å²) in [6.45, 7) is 1.84. The second-order valence-electron chi connectivity index (χ2n) is 24.7. The lowest BCUT2D eigenvalue weighted by Crippen LogP contribution is -2.66. The fourth-order valence-corrected chi connectivity index (χ4v) is 11.9. The van der Waals surface area contributed by atoms with Gasteiger partial charge >= 0.3 is 0 Å². The lowest BCUT2D eigenvalue weighted by atomic mass is 9.96. The van der Waals surface area contributed by atoms with Gasteiger partial charge in [0.05, 0.1) is 38.6 Å². The molecule has 12 N–H and O–H groups in total. The van der Waals surface area contributed by atoms with E-state index < -0.39 is 124 Å². The van der Waals surface area contributed by atoms with Crippen molar-refractivity contribution in [3.63, 3.8) is 0 Å². The monoisotopic (exact) mass is 1190 g/mol. The Morgan fingerprint density at radius 1 is 0.386 bits per heavy atom. The molecular formula is C64H123NO18. The highest BCUT2D eigenvalue weighted by atomic mass is 16.8. The third-order valence-electron chi connectivity index (χ3n) is 17.4. The number of carbonyl (C=O) groups excluding carboxylic acids is 1. The summed E-state index contributed by atoms with van der Waals surface area (Å²) in [6.07, 6.45) is 21.7. The molecule has 3 heterocycles. The van der Waals surface area contributed by atoms with Crippen LogP contribution in [0.4, 0.5) is 0 Å². The van der Waals surface area contributed by atoms with Gasteiger partial charge in [-0.05, 0) is 12.8 Å². The normalized spacial score (nSPS) is 29.3. The third-order valence-corrected chi connectivity index (χ3v) is 17.4. The van der Waals surface area contributed by atoms with Gasteiger partial charge in [-0.25, -0.2) is 0 Å². The molecular weight excluding hydrogens is 1070 g/mol. The van der Waals surface area contributed by atoms with Gasteiger partial charge in [-0.3, -0.25) is 4.79 Å². The minimum Gasteiger partial charge on any atom is -0.394 e. The molecule has 0 spiro atoms. The number of nitrogens with one attached hydrogen (secondary N) is 1. The van der Waals surface area contributed by atoms with Crippen LogP contribution in [0, 0.1) is 0 Å². The molecule has 0 aliphatic carbocycles. The first-order valence-corrected chi connectivity index (χ1v) is 33.8. The zero-order valence-corrected chi connectivity index (χ0v) is 51.7. The van der Waals surface area contributed by atoms with Gasteiger partial charge < -0.3 is 89.9 Å². The van der Waals surface area contributed by atoms with Gasteiger partial charge in [0.15, 0.2) is 18.9 Å². The van der Waals surface area contributed by atoms with Crippen molar-refractivity contribution in [1.29, 1.82) is 0 Å². The van der Waals surface area contributed by atoms with Crippen molar-refractivity contribution in [3.05, 3.63) is 0 Å². The molecule has 19 heteroatoms. The number of rotatable bonds is 52. The van der Waals surface area contributed by atoms with E-state index in [2.05, 4.69) is 19.2 Å². The van der Waals surface area contributed by atoms with E-state index in [0.717, 1.165) is 44.9 Å². The highest BCUT2D eigenvalue weighted by molar-refractivity contribution is 5.76.